The molecule has 2 aliphatic heterocycles. The maximum atomic E-state index is 13.2. The number of rotatable bonds is 45. The quantitative estimate of drug-likeness (QED) is 0.0205. The van der Waals surface area contributed by atoms with E-state index < -0.39 is 86.8 Å². The second kappa shape index (κ2) is 48.8. The standard InChI is InChI=1S/C65H105NO13/c1-3-5-7-9-11-13-15-17-18-19-20-21-22-23-24-25-26-27-28-29-30-31-32-33-34-35-36-37-39-41-43-45-47-49-57(70)66-53(54(69)48-46-44-42-40-38-16-14-12-10-8-6-4-2)52-76-64-62(75)60(73)63(56(51-68)78-64)79-65-61(74)59(72)58(71)55(50-67)77-65/h5,7,11,13,17-18,20-21,23-24,26-27,29-30,32-33,35-36,38,40,46,48,53-56,58-65,67-69,71-75H,3-4,6,8-10,12,14-16,19,22,25,28,31,34,37,39,41-45,47,49-52H2,1-2H3,(H,66,70)/b7-5-,13-11-,18-17-,21-20-,24-23-,27-26-,30-29-,33-32-,36-35-,40-38+,48-46+. The normalized spacial score (nSPS) is 25.4. The van der Waals surface area contributed by atoms with Gasteiger partial charge in [-0.05, 0) is 103 Å². The number of carbonyl (C=O) groups excluding carboxylic acids is 1. The zero-order valence-corrected chi connectivity index (χ0v) is 48.0. The third-order valence-electron chi connectivity index (χ3n) is 13.6. The topological polar surface area (TPSA) is 228 Å². The van der Waals surface area contributed by atoms with Gasteiger partial charge >= 0.3 is 0 Å². The molecule has 2 fully saturated rings. The summed E-state index contributed by atoms with van der Waals surface area (Å²) in [5, 5.41) is 86.9. The lowest BCUT2D eigenvalue weighted by Crippen LogP contribution is -2.65. The summed E-state index contributed by atoms with van der Waals surface area (Å²) in [7, 11) is 0. The molecule has 0 spiro atoms. The van der Waals surface area contributed by atoms with Gasteiger partial charge in [0.05, 0.1) is 32.0 Å². The van der Waals surface area contributed by atoms with Gasteiger partial charge in [-0.2, -0.15) is 0 Å². The van der Waals surface area contributed by atoms with Crippen LogP contribution in [0.25, 0.3) is 0 Å². The number of carbonyl (C=O) groups is 1. The van der Waals surface area contributed by atoms with Crippen molar-refractivity contribution >= 4 is 5.91 Å². The van der Waals surface area contributed by atoms with Crippen LogP contribution in [0.1, 0.15) is 174 Å². The average molecular weight is 1110 g/mol. The Bertz CT molecular complexity index is 1830. The van der Waals surface area contributed by atoms with Crippen molar-refractivity contribution in [3.63, 3.8) is 0 Å². The number of aliphatic hydroxyl groups excluding tert-OH is 8. The molecule has 14 heteroatoms. The van der Waals surface area contributed by atoms with Gasteiger partial charge in [0.1, 0.15) is 48.8 Å². The highest BCUT2D eigenvalue weighted by atomic mass is 16.7. The summed E-state index contributed by atoms with van der Waals surface area (Å²) in [5.41, 5.74) is 0. The van der Waals surface area contributed by atoms with Crippen LogP contribution in [0.4, 0.5) is 0 Å². The zero-order valence-electron chi connectivity index (χ0n) is 48.0. The molecule has 0 aromatic carbocycles. The number of unbranched alkanes of at least 4 members (excludes halogenated alkanes) is 12. The number of amides is 1. The van der Waals surface area contributed by atoms with Crippen LogP contribution >= 0.6 is 0 Å². The molecule has 12 atom stereocenters. The first kappa shape index (κ1) is 71.2. The number of hydrogen-bond donors (Lipinski definition) is 9. The number of ether oxygens (including phenoxy) is 4. The van der Waals surface area contributed by atoms with Crippen LogP contribution in [0.3, 0.4) is 0 Å². The molecule has 2 heterocycles. The molecule has 0 bridgehead atoms. The van der Waals surface area contributed by atoms with Crippen LogP contribution in [0, 0.1) is 0 Å². The Hall–Kier alpha value is -3.87. The maximum Gasteiger partial charge on any atom is 0.220 e. The first-order chi connectivity index (χ1) is 38.6. The van der Waals surface area contributed by atoms with Crippen molar-refractivity contribution < 1.29 is 64.6 Å². The molecule has 1 amide bonds. The van der Waals surface area contributed by atoms with Crippen molar-refractivity contribution in [1.29, 1.82) is 0 Å². The van der Waals surface area contributed by atoms with Gasteiger partial charge in [0.2, 0.25) is 5.91 Å². The minimum atomic E-state index is -1.80. The second-order valence-electron chi connectivity index (χ2n) is 20.4. The number of hydrogen-bond acceptors (Lipinski definition) is 13. The van der Waals surface area contributed by atoms with E-state index in [1.807, 2.05) is 6.08 Å². The fourth-order valence-corrected chi connectivity index (χ4v) is 8.77. The fourth-order valence-electron chi connectivity index (χ4n) is 8.77. The van der Waals surface area contributed by atoms with Crippen molar-refractivity contribution in [2.75, 3.05) is 19.8 Å². The van der Waals surface area contributed by atoms with Crippen molar-refractivity contribution in [3.8, 4) is 0 Å². The third-order valence-corrected chi connectivity index (χ3v) is 13.6. The number of nitrogens with one attached hydrogen (secondary N) is 1. The van der Waals surface area contributed by atoms with Crippen LogP contribution in [0.2, 0.25) is 0 Å². The van der Waals surface area contributed by atoms with Crippen molar-refractivity contribution in [3.05, 3.63) is 134 Å². The van der Waals surface area contributed by atoms with E-state index in [0.717, 1.165) is 103 Å². The molecule has 9 N–H and O–H groups in total. The summed E-state index contributed by atoms with van der Waals surface area (Å²) < 4.78 is 22.7. The van der Waals surface area contributed by atoms with Gasteiger partial charge in [-0.1, -0.05) is 199 Å². The van der Waals surface area contributed by atoms with Gasteiger partial charge in [0, 0.05) is 6.42 Å². The van der Waals surface area contributed by atoms with Crippen molar-refractivity contribution in [1.82, 2.24) is 5.32 Å². The Kier molecular flexibility index (Phi) is 44.0. The SMILES string of the molecule is CC/C=C\C/C=C\C/C=C\C/C=C\C/C=C\C/C=C\C/C=C\C/C=C\C/C=C\CCCCCCCC(=O)NC(COC1OC(CO)C(OC2OC(CO)C(O)C(O)C2O)C(O)C1O)C(O)/C=C/CC/C=C/CCCCCCCC. The molecule has 2 saturated heterocycles. The summed E-state index contributed by atoms with van der Waals surface area (Å²) in [6, 6.07) is -0.951. The van der Waals surface area contributed by atoms with Crippen molar-refractivity contribution in [2.24, 2.45) is 0 Å². The van der Waals surface area contributed by atoms with E-state index in [4.69, 9.17) is 18.9 Å². The van der Waals surface area contributed by atoms with Crippen LogP contribution in [-0.2, 0) is 23.7 Å². The highest BCUT2D eigenvalue weighted by Crippen LogP contribution is 2.30. The number of aliphatic hydroxyl groups is 8. The Morgan fingerprint density at radius 2 is 0.886 bits per heavy atom. The molecular formula is C65H105NO13. The second-order valence-corrected chi connectivity index (χ2v) is 20.4. The lowest BCUT2D eigenvalue weighted by Gasteiger charge is -2.46. The number of allylic oxidation sites excluding steroid dienone is 21. The molecule has 0 aromatic rings. The van der Waals surface area contributed by atoms with E-state index in [9.17, 15) is 45.6 Å². The third kappa shape index (κ3) is 34.2. The molecule has 2 aliphatic rings. The Labute approximate surface area is 475 Å². The van der Waals surface area contributed by atoms with E-state index in [2.05, 4.69) is 141 Å². The molecule has 448 valence electrons. The molecule has 14 nitrogen and oxygen atoms in total. The van der Waals surface area contributed by atoms with Gasteiger partial charge < -0.3 is 65.1 Å². The predicted octanol–water partition coefficient (Wildman–Crippen LogP) is 10.4. The van der Waals surface area contributed by atoms with E-state index in [0.29, 0.717) is 12.8 Å². The molecular weight excluding hydrogens is 1000 g/mol. The highest BCUT2D eigenvalue weighted by molar-refractivity contribution is 5.76. The smallest absolute Gasteiger partial charge is 0.220 e. The molecule has 0 aromatic heterocycles. The van der Waals surface area contributed by atoms with Gasteiger partial charge in [-0.3, -0.25) is 4.79 Å². The van der Waals surface area contributed by atoms with E-state index in [-0.39, 0.29) is 18.9 Å². The molecule has 12 unspecified atom stereocenters. The molecule has 0 aliphatic carbocycles. The summed E-state index contributed by atoms with van der Waals surface area (Å²) in [6.45, 7) is 2.60. The minimum Gasteiger partial charge on any atom is -0.394 e. The summed E-state index contributed by atoms with van der Waals surface area (Å²) in [5.74, 6) is -0.276. The van der Waals surface area contributed by atoms with Crippen LogP contribution < -0.4 is 5.32 Å². The van der Waals surface area contributed by atoms with Gasteiger partial charge in [0.25, 0.3) is 0 Å². The average Bonchev–Trinajstić information content (AvgIpc) is 3.49. The van der Waals surface area contributed by atoms with Crippen LogP contribution in [-0.4, -0.2) is 140 Å². The fraction of sp³-hybridized carbons (Fsp3) is 0.646. The predicted molar refractivity (Wildman–Crippen MR) is 318 cm³/mol. The van der Waals surface area contributed by atoms with Gasteiger partial charge in [-0.25, -0.2) is 0 Å². The van der Waals surface area contributed by atoms with E-state index in [1.165, 1.54) is 38.5 Å². The largest absolute Gasteiger partial charge is 0.394 e. The molecule has 0 radical (unpaired) electrons. The van der Waals surface area contributed by atoms with Gasteiger partial charge in [-0.15, -0.1) is 0 Å². The monoisotopic (exact) mass is 1110 g/mol. The van der Waals surface area contributed by atoms with Crippen molar-refractivity contribution in [2.45, 2.75) is 248 Å². The lowest BCUT2D eigenvalue weighted by molar-refractivity contribution is -0.359. The van der Waals surface area contributed by atoms with E-state index in [1.54, 1.807) is 6.08 Å². The van der Waals surface area contributed by atoms with Gasteiger partial charge in [0.15, 0.2) is 12.6 Å². The van der Waals surface area contributed by atoms with Crippen LogP contribution in [0.5, 0.6) is 0 Å². The Morgan fingerprint density at radius 1 is 0.468 bits per heavy atom. The molecule has 2 rings (SSSR count). The lowest BCUT2D eigenvalue weighted by atomic mass is 9.97. The van der Waals surface area contributed by atoms with E-state index >= 15 is 0 Å². The maximum absolute atomic E-state index is 13.2. The molecule has 0 saturated carbocycles. The molecule has 79 heavy (non-hydrogen) atoms. The highest BCUT2D eigenvalue weighted by Gasteiger charge is 2.51. The Balaban J connectivity index is 1.71. The minimum absolute atomic E-state index is 0.241. The summed E-state index contributed by atoms with van der Waals surface area (Å²) in [4.78, 5) is 13.2. The van der Waals surface area contributed by atoms with Crippen LogP contribution in [0.15, 0.2) is 134 Å². The first-order valence-corrected chi connectivity index (χ1v) is 29.9. The first-order valence-electron chi connectivity index (χ1n) is 29.9. The zero-order chi connectivity index (χ0) is 57.4. The summed E-state index contributed by atoms with van der Waals surface area (Å²) >= 11 is 0. The summed E-state index contributed by atoms with van der Waals surface area (Å²) in [6.07, 6.45) is 55.0. The Morgan fingerprint density at radius 3 is 1.39 bits per heavy atom.